The fourth-order valence-electron chi connectivity index (χ4n) is 3.24. The van der Waals surface area contributed by atoms with Crippen molar-refractivity contribution in [2.24, 2.45) is 15.9 Å². The van der Waals surface area contributed by atoms with Gasteiger partial charge < -0.3 is 10.7 Å². The molecule has 1 heterocycles. The van der Waals surface area contributed by atoms with Crippen LogP contribution in [0, 0.1) is 0 Å². The third-order valence-corrected chi connectivity index (χ3v) is 4.40. The number of para-hydroxylation sites is 1. The van der Waals surface area contributed by atoms with Crippen molar-refractivity contribution in [3.8, 4) is 0 Å². The van der Waals surface area contributed by atoms with Crippen LogP contribution in [-0.4, -0.2) is 23.4 Å². The molecule has 1 aliphatic rings. The van der Waals surface area contributed by atoms with Gasteiger partial charge in [-0.2, -0.15) is 5.10 Å². The second kappa shape index (κ2) is 7.52. The molecule has 0 spiro atoms. The third kappa shape index (κ3) is 3.25. The number of fused-ring (bicyclic) bond motifs is 2. The molecule has 5 nitrogen and oxygen atoms in total. The van der Waals surface area contributed by atoms with E-state index in [4.69, 9.17) is 10.8 Å². The molecule has 5 heteroatoms. The Morgan fingerprint density at radius 1 is 1.08 bits per heavy atom. The van der Waals surface area contributed by atoms with Crippen LogP contribution >= 0.6 is 0 Å². The van der Waals surface area contributed by atoms with Crippen molar-refractivity contribution in [3.05, 3.63) is 65.2 Å². The van der Waals surface area contributed by atoms with Gasteiger partial charge in [0, 0.05) is 23.6 Å². The third-order valence-electron chi connectivity index (χ3n) is 4.40. The predicted molar refractivity (Wildman–Crippen MR) is 107 cm³/mol. The lowest BCUT2D eigenvalue weighted by Crippen LogP contribution is -2.35. The molecule has 0 atom stereocenters. The first kappa shape index (κ1) is 17.9. The van der Waals surface area contributed by atoms with E-state index in [2.05, 4.69) is 5.10 Å². The molecule has 0 aromatic heterocycles. The van der Waals surface area contributed by atoms with E-state index >= 15 is 0 Å². The zero-order chi connectivity index (χ0) is 18.7. The molecule has 0 saturated heterocycles. The summed E-state index contributed by atoms with van der Waals surface area (Å²) < 4.78 is 0. The van der Waals surface area contributed by atoms with Gasteiger partial charge in [0.25, 0.3) is 0 Å². The van der Waals surface area contributed by atoms with Crippen molar-refractivity contribution >= 4 is 23.0 Å². The molecule has 26 heavy (non-hydrogen) atoms. The molecular formula is C21H24N4O. The van der Waals surface area contributed by atoms with Gasteiger partial charge in [0.05, 0.1) is 17.9 Å². The van der Waals surface area contributed by atoms with Crippen LogP contribution in [0.15, 0.2) is 58.6 Å². The molecule has 2 aromatic rings. The minimum absolute atomic E-state index is 0.0628. The number of carbonyl (C=O) groups excluding carboxylic acids is 1. The second-order valence-corrected chi connectivity index (χ2v) is 6.56. The van der Waals surface area contributed by atoms with Gasteiger partial charge in [0.2, 0.25) is 5.91 Å². The minimum atomic E-state index is 0.0628. The molecular weight excluding hydrogens is 324 g/mol. The van der Waals surface area contributed by atoms with E-state index in [-0.39, 0.29) is 11.9 Å². The molecule has 0 radical (unpaired) electrons. The number of benzene rings is 2. The smallest absolute Gasteiger partial charge is 0.227 e. The highest BCUT2D eigenvalue weighted by atomic mass is 16.2. The standard InChI is InChI=1S/C21H24N4O/c1-4-19(26)25-13-15-9-5-6-10-16(15)20(23-14(2)3)21(24-22)17-11-7-8-12-18(17)25/h5-12,14H,4,13,22H2,1-3H3/b23-20?,24-21-. The Morgan fingerprint density at radius 2 is 1.73 bits per heavy atom. The molecule has 1 aliphatic heterocycles. The summed E-state index contributed by atoms with van der Waals surface area (Å²) in [5.74, 6) is 5.88. The molecule has 0 fully saturated rings. The number of nitrogens with zero attached hydrogens (tertiary/aromatic N) is 3. The number of nitrogens with two attached hydrogens (primary N) is 1. The highest BCUT2D eigenvalue weighted by Crippen LogP contribution is 2.29. The zero-order valence-electron chi connectivity index (χ0n) is 15.4. The van der Waals surface area contributed by atoms with E-state index in [0.29, 0.717) is 18.7 Å². The van der Waals surface area contributed by atoms with Gasteiger partial charge in [-0.1, -0.05) is 49.4 Å². The monoisotopic (exact) mass is 348 g/mol. The largest absolute Gasteiger partial charge is 0.323 e. The quantitative estimate of drug-likeness (QED) is 0.666. The molecule has 1 amide bonds. The van der Waals surface area contributed by atoms with Gasteiger partial charge in [-0.15, -0.1) is 0 Å². The molecule has 3 rings (SSSR count). The van der Waals surface area contributed by atoms with Gasteiger partial charge in [0.1, 0.15) is 5.71 Å². The van der Waals surface area contributed by atoms with Crippen molar-refractivity contribution in [2.45, 2.75) is 39.8 Å². The van der Waals surface area contributed by atoms with Crippen LogP contribution < -0.4 is 10.7 Å². The minimum Gasteiger partial charge on any atom is -0.323 e. The molecule has 0 bridgehead atoms. The fourth-order valence-corrected chi connectivity index (χ4v) is 3.24. The second-order valence-electron chi connectivity index (χ2n) is 6.56. The van der Waals surface area contributed by atoms with E-state index < -0.39 is 0 Å². The lowest BCUT2D eigenvalue weighted by molar-refractivity contribution is -0.118. The Morgan fingerprint density at radius 3 is 2.38 bits per heavy atom. The van der Waals surface area contributed by atoms with Crippen LogP contribution in [0.5, 0.6) is 0 Å². The maximum Gasteiger partial charge on any atom is 0.227 e. The summed E-state index contributed by atoms with van der Waals surface area (Å²) in [4.78, 5) is 19.3. The highest BCUT2D eigenvalue weighted by molar-refractivity contribution is 6.54. The average Bonchev–Trinajstić information content (AvgIpc) is 2.65. The van der Waals surface area contributed by atoms with E-state index in [1.807, 2.05) is 74.2 Å². The predicted octanol–water partition coefficient (Wildman–Crippen LogP) is 3.50. The number of hydrazone groups is 1. The Labute approximate surface area is 154 Å². The normalized spacial score (nSPS) is 17.0. The average molecular weight is 348 g/mol. The molecule has 2 N–H and O–H groups in total. The van der Waals surface area contributed by atoms with E-state index in [9.17, 15) is 4.79 Å². The summed E-state index contributed by atoms with van der Waals surface area (Å²) in [6.45, 7) is 6.43. The van der Waals surface area contributed by atoms with Crippen LogP contribution in [0.25, 0.3) is 0 Å². The van der Waals surface area contributed by atoms with Crippen molar-refractivity contribution in [2.75, 3.05) is 4.90 Å². The van der Waals surface area contributed by atoms with Crippen LogP contribution in [0.4, 0.5) is 5.69 Å². The Kier molecular flexibility index (Phi) is 5.16. The van der Waals surface area contributed by atoms with Crippen LogP contribution in [0.3, 0.4) is 0 Å². The lowest BCUT2D eigenvalue weighted by Gasteiger charge is -2.29. The summed E-state index contributed by atoms with van der Waals surface area (Å²) in [6, 6.07) is 15.8. The molecule has 134 valence electrons. The number of carbonyl (C=O) groups is 1. The number of hydrogen-bond acceptors (Lipinski definition) is 4. The molecule has 0 aliphatic carbocycles. The zero-order valence-corrected chi connectivity index (χ0v) is 15.4. The van der Waals surface area contributed by atoms with Gasteiger partial charge >= 0.3 is 0 Å². The summed E-state index contributed by atoms with van der Waals surface area (Å²) in [5.41, 5.74) is 5.02. The highest BCUT2D eigenvalue weighted by Gasteiger charge is 2.28. The van der Waals surface area contributed by atoms with Crippen molar-refractivity contribution in [3.63, 3.8) is 0 Å². The Hall–Kier alpha value is -2.95. The number of amides is 1. The van der Waals surface area contributed by atoms with Gasteiger partial charge in [-0.25, -0.2) is 0 Å². The van der Waals surface area contributed by atoms with E-state index in [1.54, 1.807) is 0 Å². The van der Waals surface area contributed by atoms with Crippen molar-refractivity contribution in [1.82, 2.24) is 0 Å². The Balaban J connectivity index is 2.33. The summed E-state index contributed by atoms with van der Waals surface area (Å²) in [6.07, 6.45) is 0.429. The molecule has 0 saturated carbocycles. The van der Waals surface area contributed by atoms with Gasteiger partial charge in [-0.05, 0) is 25.5 Å². The van der Waals surface area contributed by atoms with E-state index in [1.165, 1.54) is 0 Å². The first-order valence-electron chi connectivity index (χ1n) is 8.90. The SMILES string of the molecule is CCC(=O)N1Cc2ccccc2C(=NC(C)C)/C(=N\N)c2ccccc21. The first-order valence-corrected chi connectivity index (χ1v) is 8.90. The summed E-state index contributed by atoms with van der Waals surface area (Å²) in [7, 11) is 0. The number of anilines is 1. The number of rotatable bonds is 2. The van der Waals surface area contributed by atoms with Crippen LogP contribution in [-0.2, 0) is 11.3 Å². The number of aliphatic imine (C=N–C) groups is 1. The lowest BCUT2D eigenvalue weighted by atomic mass is 9.91. The Bertz CT molecular complexity index is 883. The topological polar surface area (TPSA) is 71.0 Å². The maximum atomic E-state index is 12.7. The summed E-state index contributed by atoms with van der Waals surface area (Å²) >= 11 is 0. The maximum absolute atomic E-state index is 12.7. The van der Waals surface area contributed by atoms with Crippen molar-refractivity contribution < 1.29 is 4.79 Å². The van der Waals surface area contributed by atoms with Crippen molar-refractivity contribution in [1.29, 1.82) is 0 Å². The van der Waals surface area contributed by atoms with Gasteiger partial charge in [0.15, 0.2) is 0 Å². The summed E-state index contributed by atoms with van der Waals surface area (Å²) in [5, 5.41) is 4.09. The van der Waals surface area contributed by atoms with Crippen LogP contribution in [0.1, 0.15) is 43.9 Å². The number of hydrogen-bond donors (Lipinski definition) is 1. The van der Waals surface area contributed by atoms with Gasteiger partial charge in [-0.3, -0.25) is 9.79 Å². The first-order chi connectivity index (χ1) is 12.6. The fraction of sp³-hybridized carbons (Fsp3) is 0.286. The molecule has 0 unspecified atom stereocenters. The van der Waals surface area contributed by atoms with E-state index in [0.717, 1.165) is 28.1 Å². The van der Waals surface area contributed by atoms with Crippen LogP contribution in [0.2, 0.25) is 0 Å². The molecule has 2 aromatic carbocycles.